The summed E-state index contributed by atoms with van der Waals surface area (Å²) >= 11 is 6.17. The maximum absolute atomic E-state index is 13.1. The van der Waals surface area contributed by atoms with Gasteiger partial charge in [0.15, 0.2) is 0 Å². The second-order valence-corrected chi connectivity index (χ2v) is 9.27. The van der Waals surface area contributed by atoms with Crippen LogP contribution >= 0.6 is 11.6 Å². The van der Waals surface area contributed by atoms with Gasteiger partial charge in [-0.15, -0.1) is 0 Å². The molecule has 0 atom stereocenters. The number of amides is 2. The zero-order valence-corrected chi connectivity index (χ0v) is 18.8. The summed E-state index contributed by atoms with van der Waals surface area (Å²) in [5.41, 5.74) is 4.67. The van der Waals surface area contributed by atoms with Crippen LogP contribution in [0.3, 0.4) is 0 Å². The standard InChI is InChI=1S/C24H28ClN3O2/c1-16-5-8-20-19(13-16)24(3,4)23(30)28(20)15-22(29)27-11-9-26(10-12-27)21-14-18(25)7-6-17(21)2/h5-8,13-14H,9-12,15H2,1-4H3. The monoisotopic (exact) mass is 425 g/mol. The van der Waals surface area contributed by atoms with Crippen molar-refractivity contribution in [3.63, 3.8) is 0 Å². The maximum Gasteiger partial charge on any atom is 0.242 e. The quantitative estimate of drug-likeness (QED) is 0.748. The van der Waals surface area contributed by atoms with Gasteiger partial charge in [-0.1, -0.05) is 35.4 Å². The highest BCUT2D eigenvalue weighted by molar-refractivity contribution is 6.30. The van der Waals surface area contributed by atoms with Gasteiger partial charge in [-0.25, -0.2) is 0 Å². The third-order valence-corrected chi connectivity index (χ3v) is 6.57. The third-order valence-electron chi connectivity index (χ3n) is 6.33. The third kappa shape index (κ3) is 3.56. The SMILES string of the molecule is Cc1ccc2c(c1)C(C)(C)C(=O)N2CC(=O)N1CCN(c2cc(Cl)ccc2C)CC1. The zero-order valence-electron chi connectivity index (χ0n) is 18.0. The van der Waals surface area contributed by atoms with E-state index in [1.54, 1.807) is 4.90 Å². The Hall–Kier alpha value is -2.53. The van der Waals surface area contributed by atoms with Crippen LogP contribution in [0, 0.1) is 13.8 Å². The van der Waals surface area contributed by atoms with E-state index in [9.17, 15) is 9.59 Å². The molecular formula is C24H28ClN3O2. The molecule has 0 aromatic heterocycles. The van der Waals surface area contributed by atoms with E-state index in [1.165, 1.54) is 5.56 Å². The number of benzene rings is 2. The molecule has 5 nitrogen and oxygen atoms in total. The smallest absolute Gasteiger partial charge is 0.242 e. The number of anilines is 2. The van der Waals surface area contributed by atoms with E-state index in [0.29, 0.717) is 13.1 Å². The molecule has 2 aromatic rings. The van der Waals surface area contributed by atoms with Crippen molar-refractivity contribution >= 4 is 34.8 Å². The van der Waals surface area contributed by atoms with Gasteiger partial charge < -0.3 is 14.7 Å². The predicted molar refractivity (Wildman–Crippen MR) is 122 cm³/mol. The predicted octanol–water partition coefficient (Wildman–Crippen LogP) is 3.93. The number of piperazine rings is 1. The summed E-state index contributed by atoms with van der Waals surface area (Å²) in [5.74, 6) is -0.0142. The van der Waals surface area contributed by atoms with Crippen LogP contribution in [0.4, 0.5) is 11.4 Å². The molecule has 0 aliphatic carbocycles. The summed E-state index contributed by atoms with van der Waals surface area (Å²) in [6.45, 7) is 10.8. The fourth-order valence-corrected chi connectivity index (χ4v) is 4.63. The maximum atomic E-state index is 13.1. The van der Waals surface area contributed by atoms with Gasteiger partial charge in [0.25, 0.3) is 0 Å². The normalized spacial score (nSPS) is 18.0. The van der Waals surface area contributed by atoms with Crippen LogP contribution < -0.4 is 9.80 Å². The lowest BCUT2D eigenvalue weighted by Crippen LogP contribution is -2.52. The van der Waals surface area contributed by atoms with E-state index in [-0.39, 0.29) is 18.4 Å². The van der Waals surface area contributed by atoms with Gasteiger partial charge in [0, 0.05) is 42.6 Å². The lowest BCUT2D eigenvalue weighted by atomic mass is 9.85. The van der Waals surface area contributed by atoms with Crippen LogP contribution in [0.1, 0.15) is 30.5 Å². The van der Waals surface area contributed by atoms with Crippen molar-refractivity contribution in [1.29, 1.82) is 0 Å². The van der Waals surface area contributed by atoms with Crippen molar-refractivity contribution in [2.24, 2.45) is 0 Å². The molecule has 2 aromatic carbocycles. The fourth-order valence-electron chi connectivity index (χ4n) is 4.46. The Labute approximate surface area is 183 Å². The van der Waals surface area contributed by atoms with Crippen LogP contribution in [0.15, 0.2) is 36.4 Å². The molecule has 0 unspecified atom stereocenters. The number of nitrogens with zero attached hydrogens (tertiary/aromatic N) is 3. The summed E-state index contributed by atoms with van der Waals surface area (Å²) in [5, 5.41) is 0.721. The van der Waals surface area contributed by atoms with Crippen molar-refractivity contribution in [3.8, 4) is 0 Å². The number of fused-ring (bicyclic) bond motifs is 1. The second-order valence-electron chi connectivity index (χ2n) is 8.84. The molecule has 158 valence electrons. The number of carbonyl (C=O) groups is 2. The van der Waals surface area contributed by atoms with Crippen LogP contribution in [-0.4, -0.2) is 49.4 Å². The highest BCUT2D eigenvalue weighted by Crippen LogP contribution is 2.41. The first-order valence-electron chi connectivity index (χ1n) is 10.4. The molecule has 1 fully saturated rings. The molecule has 0 bridgehead atoms. The van der Waals surface area contributed by atoms with Gasteiger partial charge >= 0.3 is 0 Å². The van der Waals surface area contributed by atoms with E-state index in [4.69, 9.17) is 11.6 Å². The second kappa shape index (κ2) is 7.62. The molecule has 1 saturated heterocycles. The molecule has 0 saturated carbocycles. The first-order valence-corrected chi connectivity index (χ1v) is 10.8. The number of carbonyl (C=O) groups excluding carboxylic acids is 2. The van der Waals surface area contributed by atoms with E-state index in [0.717, 1.165) is 40.6 Å². The summed E-state index contributed by atoms with van der Waals surface area (Å²) in [4.78, 5) is 31.9. The van der Waals surface area contributed by atoms with Crippen molar-refractivity contribution in [3.05, 3.63) is 58.1 Å². The van der Waals surface area contributed by atoms with E-state index in [1.807, 2.05) is 56.0 Å². The van der Waals surface area contributed by atoms with Crippen molar-refractivity contribution in [2.45, 2.75) is 33.1 Å². The van der Waals surface area contributed by atoms with Crippen LogP contribution in [0.5, 0.6) is 0 Å². The molecule has 2 aliphatic rings. The average Bonchev–Trinajstić information content (AvgIpc) is 2.90. The fraction of sp³-hybridized carbons (Fsp3) is 0.417. The van der Waals surface area contributed by atoms with Gasteiger partial charge in [0.05, 0.1) is 5.41 Å². The Morgan fingerprint density at radius 2 is 1.70 bits per heavy atom. The van der Waals surface area contributed by atoms with Gasteiger partial charge in [0.1, 0.15) is 6.54 Å². The first kappa shape index (κ1) is 20.7. The van der Waals surface area contributed by atoms with Crippen molar-refractivity contribution in [1.82, 2.24) is 4.90 Å². The van der Waals surface area contributed by atoms with E-state index in [2.05, 4.69) is 17.9 Å². The highest BCUT2D eigenvalue weighted by Gasteiger charge is 2.44. The Bertz CT molecular complexity index is 1010. The number of halogens is 1. The van der Waals surface area contributed by atoms with Crippen molar-refractivity contribution in [2.75, 3.05) is 42.5 Å². The molecule has 0 N–H and O–H groups in total. The molecule has 30 heavy (non-hydrogen) atoms. The number of hydrogen-bond donors (Lipinski definition) is 0. The topological polar surface area (TPSA) is 43.9 Å². The largest absolute Gasteiger partial charge is 0.368 e. The van der Waals surface area contributed by atoms with Crippen molar-refractivity contribution < 1.29 is 9.59 Å². The summed E-state index contributed by atoms with van der Waals surface area (Å²) in [7, 11) is 0. The van der Waals surface area contributed by atoms with Crippen LogP contribution in [0.25, 0.3) is 0 Å². The number of rotatable bonds is 3. The van der Waals surface area contributed by atoms with Crippen LogP contribution in [0.2, 0.25) is 5.02 Å². The Morgan fingerprint density at radius 3 is 2.40 bits per heavy atom. The van der Waals surface area contributed by atoms with E-state index >= 15 is 0 Å². The number of aryl methyl sites for hydroxylation is 2. The highest BCUT2D eigenvalue weighted by atomic mass is 35.5. The minimum absolute atomic E-state index is 0.00459. The zero-order chi connectivity index (χ0) is 21.6. The summed E-state index contributed by atoms with van der Waals surface area (Å²) in [6.07, 6.45) is 0. The molecule has 2 amide bonds. The lowest BCUT2D eigenvalue weighted by Gasteiger charge is -2.37. The molecule has 0 radical (unpaired) electrons. The van der Waals surface area contributed by atoms with Gasteiger partial charge in [-0.05, 0) is 57.0 Å². The van der Waals surface area contributed by atoms with Gasteiger partial charge in [0.2, 0.25) is 11.8 Å². The first-order chi connectivity index (χ1) is 14.2. The van der Waals surface area contributed by atoms with Gasteiger partial charge in [-0.2, -0.15) is 0 Å². The van der Waals surface area contributed by atoms with Gasteiger partial charge in [-0.3, -0.25) is 9.59 Å². The molecule has 2 heterocycles. The molecule has 6 heteroatoms. The summed E-state index contributed by atoms with van der Waals surface area (Å²) < 4.78 is 0. The van der Waals surface area contributed by atoms with E-state index < -0.39 is 5.41 Å². The molecular weight excluding hydrogens is 398 g/mol. The minimum Gasteiger partial charge on any atom is -0.368 e. The average molecular weight is 426 g/mol. The lowest BCUT2D eigenvalue weighted by molar-refractivity contribution is -0.132. The number of hydrogen-bond acceptors (Lipinski definition) is 3. The Kier molecular flexibility index (Phi) is 5.27. The molecule has 2 aliphatic heterocycles. The van der Waals surface area contributed by atoms with Crippen LogP contribution in [-0.2, 0) is 15.0 Å². The Morgan fingerprint density at radius 1 is 1.00 bits per heavy atom. The minimum atomic E-state index is -0.607. The molecule has 4 rings (SSSR count). The Balaban J connectivity index is 1.45. The molecule has 0 spiro atoms. The summed E-state index contributed by atoms with van der Waals surface area (Å²) in [6, 6.07) is 11.9.